The van der Waals surface area contributed by atoms with E-state index in [-0.39, 0.29) is 12.2 Å². The minimum Gasteiger partial charge on any atom is -0.463 e. The van der Waals surface area contributed by atoms with Crippen molar-refractivity contribution < 1.29 is 14.3 Å². The lowest BCUT2D eigenvalue weighted by molar-refractivity contribution is -0.137. The average Bonchev–Trinajstić information content (AvgIpc) is 3.39. The van der Waals surface area contributed by atoms with E-state index in [1.165, 1.54) is 29.2 Å². The molecule has 194 valence electrons. The van der Waals surface area contributed by atoms with E-state index in [1.54, 1.807) is 13.0 Å². The number of rotatable bonds is 8. The smallest absolute Gasteiger partial charge is 0.330 e. The van der Waals surface area contributed by atoms with E-state index >= 15 is 0 Å². The van der Waals surface area contributed by atoms with Crippen LogP contribution in [0, 0.1) is 0 Å². The second-order valence-electron chi connectivity index (χ2n) is 9.46. The number of hydrogen-bond donors (Lipinski definition) is 0. The van der Waals surface area contributed by atoms with Crippen molar-refractivity contribution in [2.75, 3.05) is 13.2 Å². The molecular weight excluding hydrogens is 472 g/mol. The average molecular weight is 507 g/mol. The third-order valence-corrected chi connectivity index (χ3v) is 7.00. The molecule has 5 rings (SSSR count). The highest BCUT2D eigenvalue weighted by atomic mass is 16.5. The molecule has 1 aromatic heterocycles. The van der Waals surface area contributed by atoms with E-state index in [0.29, 0.717) is 6.61 Å². The van der Waals surface area contributed by atoms with Crippen LogP contribution in [0.3, 0.4) is 0 Å². The van der Waals surface area contributed by atoms with Crippen molar-refractivity contribution >= 4 is 34.2 Å². The zero-order valence-corrected chi connectivity index (χ0v) is 22.1. The number of nitrogens with zero attached hydrogens (tertiary/aromatic N) is 2. The lowest BCUT2D eigenvalue weighted by Gasteiger charge is -2.24. The van der Waals surface area contributed by atoms with Gasteiger partial charge in [-0.1, -0.05) is 67.6 Å². The first kappa shape index (κ1) is 25.7. The Morgan fingerprint density at radius 3 is 2.50 bits per heavy atom. The van der Waals surface area contributed by atoms with Crippen LogP contribution < -0.4 is 0 Å². The Morgan fingerprint density at radius 1 is 1.00 bits per heavy atom. The van der Waals surface area contributed by atoms with Crippen LogP contribution in [0.1, 0.15) is 68.0 Å². The third-order valence-electron chi connectivity index (χ3n) is 7.00. The molecule has 2 heterocycles. The molecule has 0 amide bonds. The third kappa shape index (κ3) is 5.63. The zero-order valence-electron chi connectivity index (χ0n) is 22.1. The van der Waals surface area contributed by atoms with Crippen molar-refractivity contribution in [3.05, 3.63) is 107 Å². The molecule has 5 heteroatoms. The summed E-state index contributed by atoms with van der Waals surface area (Å²) in [6.45, 7) is 5.17. The van der Waals surface area contributed by atoms with Gasteiger partial charge in [-0.05, 0) is 84.2 Å². The summed E-state index contributed by atoms with van der Waals surface area (Å²) in [6, 6.07) is 25.4. The largest absolute Gasteiger partial charge is 0.463 e. The molecular formula is C33H34N2O3. The molecule has 0 spiro atoms. The molecule has 1 aliphatic rings. The zero-order chi connectivity index (χ0) is 26.3. The summed E-state index contributed by atoms with van der Waals surface area (Å²) in [5.41, 5.74) is 8.91. The van der Waals surface area contributed by atoms with Gasteiger partial charge in [0.25, 0.3) is 0 Å². The Hall–Kier alpha value is -3.96. The molecule has 1 unspecified atom stereocenters. The van der Waals surface area contributed by atoms with Gasteiger partial charge in [-0.2, -0.15) is 0 Å². The van der Waals surface area contributed by atoms with Gasteiger partial charge in [0.2, 0.25) is 0 Å². The Labute approximate surface area is 224 Å². The van der Waals surface area contributed by atoms with Gasteiger partial charge in [-0.3, -0.25) is 0 Å². The van der Waals surface area contributed by atoms with Gasteiger partial charge < -0.3 is 14.0 Å². The molecule has 0 aliphatic carbocycles. The number of carbonyl (C=O) groups excluding carboxylic acids is 1. The van der Waals surface area contributed by atoms with Gasteiger partial charge in [0.05, 0.1) is 24.0 Å². The number of hydrogen-bond acceptors (Lipinski definition) is 4. The van der Waals surface area contributed by atoms with E-state index in [2.05, 4.69) is 66.1 Å². The Morgan fingerprint density at radius 2 is 1.79 bits per heavy atom. The van der Waals surface area contributed by atoms with Crippen LogP contribution in [0.5, 0.6) is 0 Å². The van der Waals surface area contributed by atoms with Gasteiger partial charge in [0.1, 0.15) is 6.23 Å². The van der Waals surface area contributed by atoms with Crippen LogP contribution in [0.25, 0.3) is 28.3 Å². The summed E-state index contributed by atoms with van der Waals surface area (Å²) in [4.78, 5) is 16.5. The first-order valence-corrected chi connectivity index (χ1v) is 13.5. The SMILES string of the molecule is CCOC(=O)/C=C/c1ccc(/C(=C(/CC)c2ccccc2)c2ccc3c(c2)ncn3C2CCCCO2)cc1. The van der Waals surface area contributed by atoms with Crippen molar-refractivity contribution in [1.82, 2.24) is 9.55 Å². The lowest BCUT2D eigenvalue weighted by Crippen LogP contribution is -2.17. The number of ether oxygens (including phenoxy) is 2. The molecule has 0 saturated carbocycles. The highest BCUT2D eigenvalue weighted by Gasteiger charge is 2.19. The standard InChI is InChI=1S/C33H34N2O3/c1-3-28(25-10-6-5-7-11-25)33(26-16-13-24(14-17-26)15-20-32(36)37-4-2)27-18-19-30-29(22-27)34-23-35(30)31-12-8-9-21-38-31/h5-7,10-11,13-20,22-23,31H,3-4,8-9,12,21H2,1-2H3/b20-15+,33-28+. The summed E-state index contributed by atoms with van der Waals surface area (Å²) in [6.07, 6.45) is 9.42. The van der Waals surface area contributed by atoms with Gasteiger partial charge >= 0.3 is 5.97 Å². The summed E-state index contributed by atoms with van der Waals surface area (Å²) < 4.78 is 13.2. The predicted molar refractivity (Wildman–Crippen MR) is 153 cm³/mol. The van der Waals surface area contributed by atoms with Crippen molar-refractivity contribution in [2.45, 2.75) is 45.8 Å². The maximum atomic E-state index is 11.7. The van der Waals surface area contributed by atoms with E-state index in [0.717, 1.165) is 53.6 Å². The highest BCUT2D eigenvalue weighted by molar-refractivity contribution is 6.00. The molecule has 1 fully saturated rings. The Balaban J connectivity index is 1.57. The van der Waals surface area contributed by atoms with Gasteiger partial charge in [-0.15, -0.1) is 0 Å². The van der Waals surface area contributed by atoms with Crippen LogP contribution in [-0.2, 0) is 14.3 Å². The number of benzene rings is 3. The maximum absolute atomic E-state index is 11.7. The maximum Gasteiger partial charge on any atom is 0.330 e. The van der Waals surface area contributed by atoms with Crippen LogP contribution in [0.4, 0.5) is 0 Å². The minimum absolute atomic E-state index is 0.0559. The molecule has 1 saturated heterocycles. The normalized spacial score (nSPS) is 16.5. The number of carbonyl (C=O) groups is 1. The molecule has 4 aromatic rings. The van der Waals surface area contributed by atoms with E-state index in [4.69, 9.17) is 14.5 Å². The highest BCUT2D eigenvalue weighted by Crippen LogP contribution is 2.36. The van der Waals surface area contributed by atoms with E-state index < -0.39 is 0 Å². The van der Waals surface area contributed by atoms with Crippen LogP contribution >= 0.6 is 0 Å². The second-order valence-corrected chi connectivity index (χ2v) is 9.46. The minimum atomic E-state index is -0.333. The van der Waals surface area contributed by atoms with E-state index in [9.17, 15) is 4.79 Å². The summed E-state index contributed by atoms with van der Waals surface area (Å²) >= 11 is 0. The first-order chi connectivity index (χ1) is 18.7. The van der Waals surface area contributed by atoms with Gasteiger partial charge in [0, 0.05) is 12.7 Å². The summed E-state index contributed by atoms with van der Waals surface area (Å²) in [5, 5.41) is 0. The molecule has 3 aromatic carbocycles. The van der Waals surface area contributed by atoms with Crippen molar-refractivity contribution in [1.29, 1.82) is 0 Å². The molecule has 0 N–H and O–H groups in total. The first-order valence-electron chi connectivity index (χ1n) is 13.5. The van der Waals surface area contributed by atoms with Gasteiger partial charge in [-0.25, -0.2) is 9.78 Å². The van der Waals surface area contributed by atoms with Gasteiger partial charge in [0.15, 0.2) is 0 Å². The molecule has 5 nitrogen and oxygen atoms in total. The molecule has 38 heavy (non-hydrogen) atoms. The molecule has 0 bridgehead atoms. The monoisotopic (exact) mass is 506 g/mol. The number of aromatic nitrogens is 2. The quantitative estimate of drug-likeness (QED) is 0.140. The Bertz CT molecular complexity index is 1440. The van der Waals surface area contributed by atoms with E-state index in [1.807, 2.05) is 24.5 Å². The molecule has 0 radical (unpaired) electrons. The number of allylic oxidation sites excluding steroid dienone is 1. The van der Waals surface area contributed by atoms with Crippen LogP contribution in [0.2, 0.25) is 0 Å². The van der Waals surface area contributed by atoms with Crippen molar-refractivity contribution in [2.24, 2.45) is 0 Å². The number of imidazole rings is 1. The topological polar surface area (TPSA) is 53.3 Å². The fourth-order valence-corrected chi connectivity index (χ4v) is 5.16. The Kier molecular flexibility index (Phi) is 8.15. The van der Waals surface area contributed by atoms with Crippen molar-refractivity contribution in [3.8, 4) is 0 Å². The fourth-order valence-electron chi connectivity index (χ4n) is 5.16. The molecule has 1 atom stereocenters. The van der Waals surface area contributed by atoms with Crippen LogP contribution in [0.15, 0.2) is 85.2 Å². The number of esters is 1. The molecule has 1 aliphatic heterocycles. The predicted octanol–water partition coefficient (Wildman–Crippen LogP) is 7.68. The van der Waals surface area contributed by atoms with Crippen molar-refractivity contribution in [3.63, 3.8) is 0 Å². The summed E-state index contributed by atoms with van der Waals surface area (Å²) in [7, 11) is 0. The fraction of sp³-hybridized carbons (Fsp3) is 0.273. The van der Waals surface area contributed by atoms with Crippen LogP contribution in [-0.4, -0.2) is 28.7 Å². The number of fused-ring (bicyclic) bond motifs is 1. The lowest BCUT2D eigenvalue weighted by atomic mass is 9.87. The summed E-state index contributed by atoms with van der Waals surface area (Å²) in [5.74, 6) is -0.333. The second kappa shape index (κ2) is 12.1.